The van der Waals surface area contributed by atoms with Gasteiger partial charge in [-0.15, -0.1) is 13.2 Å². The van der Waals surface area contributed by atoms with E-state index in [4.69, 9.17) is 4.74 Å². The van der Waals surface area contributed by atoms with E-state index in [0.29, 0.717) is 11.4 Å². The average molecular weight is 420 g/mol. The Morgan fingerprint density at radius 3 is 2.69 bits per heavy atom. The highest BCUT2D eigenvalue weighted by molar-refractivity contribution is 7.16. The zero-order valence-electron chi connectivity index (χ0n) is 14.6. The second-order valence-electron chi connectivity index (χ2n) is 5.39. The molecule has 0 aliphatic carbocycles. The number of carbonyl (C=O) groups excluding carboxylic acids is 1. The number of methoxy groups -OCH3 is 1. The van der Waals surface area contributed by atoms with Gasteiger partial charge >= 0.3 is 6.36 Å². The standard InChI is InChI=1S/C18H11F3N4O3S/c1-27-13-8-10(28-18(19,20)21)5-6-11(13)16(26)25-17-24-15(14(9-22)29-17)12-4-2-3-7-23-12/h2-8H,1H3,(H,24,25,26). The zero-order chi connectivity index (χ0) is 21.0. The minimum atomic E-state index is -4.87. The Balaban J connectivity index is 1.85. The Kier molecular flexibility index (Phi) is 5.65. The molecule has 0 aliphatic rings. The molecule has 2 heterocycles. The number of alkyl halides is 3. The molecule has 3 rings (SSSR count). The predicted molar refractivity (Wildman–Crippen MR) is 97.7 cm³/mol. The van der Waals surface area contributed by atoms with Crippen molar-refractivity contribution in [3.63, 3.8) is 0 Å². The number of nitriles is 1. The minimum absolute atomic E-state index is 0.0323. The van der Waals surface area contributed by atoms with Gasteiger partial charge in [-0.2, -0.15) is 5.26 Å². The van der Waals surface area contributed by atoms with E-state index in [9.17, 15) is 23.2 Å². The van der Waals surface area contributed by atoms with Crippen LogP contribution in [-0.2, 0) is 0 Å². The van der Waals surface area contributed by atoms with Crippen molar-refractivity contribution in [3.05, 3.63) is 53.0 Å². The first-order chi connectivity index (χ1) is 13.8. The van der Waals surface area contributed by atoms with Crippen LogP contribution in [0, 0.1) is 11.3 Å². The number of anilines is 1. The number of aromatic nitrogens is 2. The summed E-state index contributed by atoms with van der Waals surface area (Å²) >= 11 is 0.943. The van der Waals surface area contributed by atoms with E-state index >= 15 is 0 Å². The second kappa shape index (κ2) is 8.15. The SMILES string of the molecule is COc1cc(OC(F)(F)F)ccc1C(=O)Nc1nc(-c2ccccn2)c(C#N)s1. The van der Waals surface area contributed by atoms with E-state index in [1.165, 1.54) is 7.11 Å². The van der Waals surface area contributed by atoms with Gasteiger partial charge in [0.1, 0.15) is 28.1 Å². The number of amides is 1. The number of pyridine rings is 1. The topological polar surface area (TPSA) is 97.1 Å². The molecule has 0 saturated heterocycles. The summed E-state index contributed by atoms with van der Waals surface area (Å²) in [5.41, 5.74) is 0.747. The number of hydrogen-bond donors (Lipinski definition) is 1. The number of nitrogens with one attached hydrogen (secondary N) is 1. The molecule has 1 amide bonds. The fraction of sp³-hybridized carbons (Fsp3) is 0.111. The normalized spacial score (nSPS) is 10.9. The van der Waals surface area contributed by atoms with E-state index in [0.717, 1.165) is 29.5 Å². The highest BCUT2D eigenvalue weighted by Gasteiger charge is 2.31. The van der Waals surface area contributed by atoms with Crippen LogP contribution >= 0.6 is 11.3 Å². The molecule has 0 spiro atoms. The van der Waals surface area contributed by atoms with Gasteiger partial charge in [0, 0.05) is 12.3 Å². The van der Waals surface area contributed by atoms with Crippen LogP contribution in [-0.4, -0.2) is 29.3 Å². The van der Waals surface area contributed by atoms with Crippen molar-refractivity contribution < 1.29 is 27.4 Å². The lowest BCUT2D eigenvalue weighted by atomic mass is 10.2. The van der Waals surface area contributed by atoms with Gasteiger partial charge in [0.2, 0.25) is 0 Å². The minimum Gasteiger partial charge on any atom is -0.496 e. The van der Waals surface area contributed by atoms with Crippen molar-refractivity contribution >= 4 is 22.4 Å². The van der Waals surface area contributed by atoms with E-state index < -0.39 is 18.0 Å². The molecule has 0 bridgehead atoms. The highest BCUT2D eigenvalue weighted by atomic mass is 32.1. The third kappa shape index (κ3) is 4.80. The zero-order valence-corrected chi connectivity index (χ0v) is 15.5. The monoisotopic (exact) mass is 420 g/mol. The van der Waals surface area contributed by atoms with Crippen LogP contribution in [0.5, 0.6) is 11.5 Å². The summed E-state index contributed by atoms with van der Waals surface area (Å²) in [6.07, 6.45) is -3.32. The van der Waals surface area contributed by atoms with Crippen molar-refractivity contribution in [1.29, 1.82) is 5.26 Å². The number of rotatable bonds is 5. The number of halogens is 3. The van der Waals surface area contributed by atoms with Gasteiger partial charge < -0.3 is 9.47 Å². The Bertz CT molecular complexity index is 1080. The summed E-state index contributed by atoms with van der Waals surface area (Å²) < 4.78 is 45.9. The lowest BCUT2D eigenvalue weighted by Crippen LogP contribution is -2.18. The van der Waals surface area contributed by atoms with Crippen molar-refractivity contribution in [2.24, 2.45) is 0 Å². The van der Waals surface area contributed by atoms with Gasteiger partial charge in [0.25, 0.3) is 5.91 Å². The molecular formula is C18H11F3N4O3S. The van der Waals surface area contributed by atoms with E-state index in [1.54, 1.807) is 24.4 Å². The Morgan fingerprint density at radius 2 is 2.07 bits per heavy atom. The molecule has 3 aromatic rings. The van der Waals surface area contributed by atoms with Gasteiger partial charge in [-0.1, -0.05) is 17.4 Å². The number of nitrogens with zero attached hydrogens (tertiary/aromatic N) is 3. The molecule has 0 saturated carbocycles. The molecule has 11 heteroatoms. The van der Waals surface area contributed by atoms with Gasteiger partial charge in [-0.05, 0) is 24.3 Å². The Labute approximate surface area is 166 Å². The number of ether oxygens (including phenoxy) is 2. The molecule has 0 aliphatic heterocycles. The maximum Gasteiger partial charge on any atom is 0.573 e. The summed E-state index contributed by atoms with van der Waals surface area (Å²) in [6.45, 7) is 0. The van der Waals surface area contributed by atoms with Gasteiger partial charge in [0.15, 0.2) is 5.13 Å². The highest BCUT2D eigenvalue weighted by Crippen LogP contribution is 2.32. The van der Waals surface area contributed by atoms with Crippen LogP contribution < -0.4 is 14.8 Å². The second-order valence-corrected chi connectivity index (χ2v) is 6.39. The molecule has 0 atom stereocenters. The molecule has 29 heavy (non-hydrogen) atoms. The van der Waals surface area contributed by atoms with Crippen molar-refractivity contribution in [1.82, 2.24) is 9.97 Å². The molecule has 1 N–H and O–H groups in total. The van der Waals surface area contributed by atoms with Crippen LogP contribution in [0.25, 0.3) is 11.4 Å². The lowest BCUT2D eigenvalue weighted by Gasteiger charge is -2.12. The van der Waals surface area contributed by atoms with E-state index in [1.807, 2.05) is 6.07 Å². The molecular weight excluding hydrogens is 409 g/mol. The first-order valence-electron chi connectivity index (χ1n) is 7.88. The van der Waals surface area contributed by atoms with Crippen LogP contribution in [0.3, 0.4) is 0 Å². The van der Waals surface area contributed by atoms with Crippen molar-refractivity contribution in [3.8, 4) is 29.0 Å². The molecule has 0 unspecified atom stereocenters. The number of hydrogen-bond acceptors (Lipinski definition) is 7. The summed E-state index contributed by atoms with van der Waals surface area (Å²) in [5, 5.41) is 11.9. The first kappa shape index (κ1) is 20.1. The van der Waals surface area contributed by atoms with Crippen LogP contribution in [0.1, 0.15) is 15.2 Å². The fourth-order valence-corrected chi connectivity index (χ4v) is 3.11. The molecule has 0 fully saturated rings. The molecule has 2 aromatic heterocycles. The number of carbonyl (C=O) groups is 1. The van der Waals surface area contributed by atoms with Gasteiger partial charge in [0.05, 0.1) is 18.4 Å². The van der Waals surface area contributed by atoms with Crippen LogP contribution in [0.4, 0.5) is 18.3 Å². The molecule has 148 valence electrons. The third-order valence-electron chi connectivity index (χ3n) is 3.51. The smallest absolute Gasteiger partial charge is 0.496 e. The number of thiazole rings is 1. The number of benzene rings is 1. The first-order valence-corrected chi connectivity index (χ1v) is 8.70. The Morgan fingerprint density at radius 1 is 1.28 bits per heavy atom. The van der Waals surface area contributed by atoms with E-state index in [-0.39, 0.29) is 21.3 Å². The van der Waals surface area contributed by atoms with Crippen LogP contribution in [0.2, 0.25) is 0 Å². The summed E-state index contributed by atoms with van der Waals surface area (Å²) in [4.78, 5) is 21.2. The van der Waals surface area contributed by atoms with E-state index in [2.05, 4.69) is 20.0 Å². The summed E-state index contributed by atoms with van der Waals surface area (Å²) in [6, 6.07) is 10.2. The van der Waals surface area contributed by atoms with Gasteiger partial charge in [-0.25, -0.2) is 4.98 Å². The maximum absolute atomic E-state index is 12.5. The van der Waals surface area contributed by atoms with Crippen LogP contribution in [0.15, 0.2) is 42.6 Å². The largest absolute Gasteiger partial charge is 0.573 e. The quantitative estimate of drug-likeness (QED) is 0.663. The fourth-order valence-electron chi connectivity index (χ4n) is 2.35. The third-order valence-corrected chi connectivity index (χ3v) is 4.38. The van der Waals surface area contributed by atoms with Gasteiger partial charge in [-0.3, -0.25) is 15.1 Å². The maximum atomic E-state index is 12.5. The molecule has 0 radical (unpaired) electrons. The summed E-state index contributed by atoms with van der Waals surface area (Å²) in [5.74, 6) is -1.32. The Hall–Kier alpha value is -3.65. The molecule has 7 nitrogen and oxygen atoms in total. The molecule has 1 aromatic carbocycles. The summed E-state index contributed by atoms with van der Waals surface area (Å²) in [7, 11) is 1.21. The lowest BCUT2D eigenvalue weighted by molar-refractivity contribution is -0.274. The van der Waals surface area contributed by atoms with Crippen molar-refractivity contribution in [2.75, 3.05) is 12.4 Å². The average Bonchev–Trinajstić information content (AvgIpc) is 3.10. The van der Waals surface area contributed by atoms with Crippen molar-refractivity contribution in [2.45, 2.75) is 6.36 Å². The predicted octanol–water partition coefficient (Wildman–Crippen LogP) is 4.24.